The molecule has 0 unspecified atom stereocenters. The van der Waals surface area contributed by atoms with Crippen LogP contribution in [-0.2, 0) is 14.3 Å². The van der Waals surface area contributed by atoms with Crippen LogP contribution in [0.1, 0.15) is 13.3 Å². The van der Waals surface area contributed by atoms with Gasteiger partial charge in [0.1, 0.15) is 4.60 Å². The molecule has 0 atom stereocenters. The zero-order valence-electron chi connectivity index (χ0n) is 16.5. The van der Waals surface area contributed by atoms with Gasteiger partial charge in [-0.25, -0.2) is 9.97 Å². The van der Waals surface area contributed by atoms with E-state index in [0.29, 0.717) is 25.6 Å². The summed E-state index contributed by atoms with van der Waals surface area (Å²) in [5.41, 5.74) is 2.75. The van der Waals surface area contributed by atoms with Crippen molar-refractivity contribution >= 4 is 44.7 Å². The maximum Gasteiger partial charge on any atom is 0.308 e. The lowest BCUT2D eigenvalue weighted by atomic mass is 10.2. The van der Waals surface area contributed by atoms with E-state index in [9.17, 15) is 4.79 Å². The largest absolute Gasteiger partial charge is 0.466 e. The summed E-state index contributed by atoms with van der Waals surface area (Å²) in [7, 11) is 2.00. The molecule has 0 radical (unpaired) electrons. The van der Waals surface area contributed by atoms with Gasteiger partial charge in [-0.05, 0) is 47.1 Å². The van der Waals surface area contributed by atoms with Crippen molar-refractivity contribution in [2.45, 2.75) is 13.3 Å². The third-order valence-electron chi connectivity index (χ3n) is 4.24. The first kappa shape index (κ1) is 21.1. The number of fused-ring (bicyclic) bond motifs is 1. The van der Waals surface area contributed by atoms with E-state index in [2.05, 4.69) is 36.1 Å². The van der Waals surface area contributed by atoms with Crippen LogP contribution in [0.3, 0.4) is 0 Å². The van der Waals surface area contributed by atoms with Gasteiger partial charge in [0.25, 0.3) is 0 Å². The summed E-state index contributed by atoms with van der Waals surface area (Å²) in [6.45, 7) is 3.82. The van der Waals surface area contributed by atoms with Gasteiger partial charge in [0, 0.05) is 43.6 Å². The Morgan fingerprint density at radius 1 is 1.28 bits per heavy atom. The van der Waals surface area contributed by atoms with E-state index in [-0.39, 0.29) is 12.4 Å². The molecule has 2 heterocycles. The number of nitrogens with one attached hydrogen (secondary N) is 1. The van der Waals surface area contributed by atoms with Crippen LogP contribution >= 0.6 is 15.9 Å². The second kappa shape index (κ2) is 10.2. The molecule has 0 saturated heterocycles. The number of carbonyl (C=O) groups excluding carboxylic acids is 1. The minimum Gasteiger partial charge on any atom is -0.466 e. The molecule has 0 aliphatic carbocycles. The van der Waals surface area contributed by atoms with Crippen LogP contribution in [0.25, 0.3) is 5.65 Å². The van der Waals surface area contributed by atoms with Gasteiger partial charge in [-0.3, -0.25) is 4.79 Å². The number of carbonyl (C=O) groups is 1. The molecule has 0 saturated carbocycles. The zero-order chi connectivity index (χ0) is 20.6. The second-order valence-electron chi connectivity index (χ2n) is 6.33. The zero-order valence-corrected chi connectivity index (χ0v) is 18.1. The summed E-state index contributed by atoms with van der Waals surface area (Å²) in [4.78, 5) is 22.2. The molecule has 0 fully saturated rings. The molecule has 2 aromatic heterocycles. The minimum absolute atomic E-state index is 0.225. The van der Waals surface area contributed by atoms with Crippen molar-refractivity contribution in [3.05, 3.63) is 47.5 Å². The van der Waals surface area contributed by atoms with E-state index in [1.54, 1.807) is 13.1 Å². The molecule has 3 aromatic rings. The van der Waals surface area contributed by atoms with Gasteiger partial charge in [-0.15, -0.1) is 0 Å². The quantitative estimate of drug-likeness (QED) is 0.364. The van der Waals surface area contributed by atoms with Crippen LogP contribution in [0.5, 0.6) is 0 Å². The van der Waals surface area contributed by atoms with Gasteiger partial charge < -0.3 is 24.1 Å². The molecule has 29 heavy (non-hydrogen) atoms. The van der Waals surface area contributed by atoms with Crippen molar-refractivity contribution in [1.82, 2.24) is 14.4 Å². The Morgan fingerprint density at radius 2 is 2.07 bits per heavy atom. The van der Waals surface area contributed by atoms with Gasteiger partial charge in [-0.2, -0.15) is 0 Å². The molecule has 1 aromatic carbocycles. The highest BCUT2D eigenvalue weighted by Gasteiger charge is 2.08. The lowest BCUT2D eigenvalue weighted by molar-refractivity contribution is -0.144. The molecule has 0 bridgehead atoms. The fourth-order valence-corrected chi connectivity index (χ4v) is 3.14. The van der Waals surface area contributed by atoms with Gasteiger partial charge in [-0.1, -0.05) is 0 Å². The van der Waals surface area contributed by atoms with Crippen LogP contribution in [-0.4, -0.2) is 53.8 Å². The van der Waals surface area contributed by atoms with E-state index in [1.165, 1.54) is 0 Å². The molecule has 8 nitrogen and oxygen atoms in total. The first-order valence-corrected chi connectivity index (χ1v) is 10.2. The van der Waals surface area contributed by atoms with Crippen molar-refractivity contribution in [3.8, 4) is 0 Å². The topological polar surface area (TPSA) is 81.0 Å². The highest BCUT2D eigenvalue weighted by Crippen LogP contribution is 2.23. The molecule has 154 valence electrons. The molecule has 3 rings (SSSR count). The predicted octanol–water partition coefficient (Wildman–Crippen LogP) is 3.64. The van der Waals surface area contributed by atoms with Crippen molar-refractivity contribution in [1.29, 1.82) is 0 Å². The standard InChI is InChI=1S/C20H24BrN5O3/c1-3-29-18(27)8-12-28-13-11-25(2)16-6-4-15(5-7-16)23-19-20-22-9-10-26(20)14-17(21)24-19/h4-7,9-10,14H,3,8,11-13H2,1-2H3,(H,23,24). The Bertz CT molecular complexity index is 945. The maximum atomic E-state index is 11.3. The molecule has 0 aliphatic heterocycles. The van der Waals surface area contributed by atoms with Crippen LogP contribution < -0.4 is 10.2 Å². The first-order valence-electron chi connectivity index (χ1n) is 9.37. The van der Waals surface area contributed by atoms with Gasteiger partial charge in [0.05, 0.1) is 26.2 Å². The minimum atomic E-state index is -0.225. The number of hydrogen-bond donors (Lipinski definition) is 1. The monoisotopic (exact) mass is 461 g/mol. The van der Waals surface area contributed by atoms with Crippen LogP contribution in [0, 0.1) is 0 Å². The van der Waals surface area contributed by atoms with E-state index < -0.39 is 0 Å². The van der Waals surface area contributed by atoms with Crippen LogP contribution in [0.2, 0.25) is 0 Å². The average molecular weight is 462 g/mol. The lowest BCUT2D eigenvalue weighted by Gasteiger charge is -2.19. The number of ether oxygens (including phenoxy) is 2. The number of likely N-dealkylation sites (N-methyl/N-ethyl adjacent to an activating group) is 1. The Balaban J connectivity index is 1.50. The Hall–Kier alpha value is -2.65. The van der Waals surface area contributed by atoms with Gasteiger partial charge in [0.15, 0.2) is 11.5 Å². The van der Waals surface area contributed by atoms with Crippen molar-refractivity contribution in [2.75, 3.05) is 43.6 Å². The van der Waals surface area contributed by atoms with Gasteiger partial charge >= 0.3 is 5.97 Å². The lowest BCUT2D eigenvalue weighted by Crippen LogP contribution is -2.23. The summed E-state index contributed by atoms with van der Waals surface area (Å²) in [6.07, 6.45) is 5.76. The van der Waals surface area contributed by atoms with E-state index in [0.717, 1.165) is 28.2 Å². The van der Waals surface area contributed by atoms with E-state index in [1.807, 2.05) is 48.1 Å². The van der Waals surface area contributed by atoms with E-state index >= 15 is 0 Å². The number of halogens is 1. The molecule has 0 amide bonds. The Labute approximate surface area is 178 Å². The first-order chi connectivity index (χ1) is 14.1. The molecule has 0 aliphatic rings. The number of imidazole rings is 1. The van der Waals surface area contributed by atoms with Crippen molar-refractivity contribution in [3.63, 3.8) is 0 Å². The summed E-state index contributed by atoms with van der Waals surface area (Å²) in [5.74, 6) is 0.456. The van der Waals surface area contributed by atoms with Gasteiger partial charge in [0.2, 0.25) is 0 Å². The number of benzene rings is 1. The molecule has 9 heteroatoms. The third kappa shape index (κ3) is 5.91. The number of rotatable bonds is 10. The SMILES string of the molecule is CCOC(=O)CCOCCN(C)c1ccc(Nc2nc(Br)cn3ccnc23)cc1. The highest BCUT2D eigenvalue weighted by molar-refractivity contribution is 9.10. The fraction of sp³-hybridized carbons (Fsp3) is 0.350. The maximum absolute atomic E-state index is 11.3. The third-order valence-corrected chi connectivity index (χ3v) is 4.62. The normalized spacial score (nSPS) is 10.9. The summed E-state index contributed by atoms with van der Waals surface area (Å²) in [5, 5.41) is 3.31. The number of nitrogens with zero attached hydrogens (tertiary/aromatic N) is 4. The number of anilines is 3. The molecule has 0 spiro atoms. The smallest absolute Gasteiger partial charge is 0.308 e. The number of hydrogen-bond acceptors (Lipinski definition) is 7. The van der Waals surface area contributed by atoms with Crippen molar-refractivity contribution < 1.29 is 14.3 Å². The predicted molar refractivity (Wildman–Crippen MR) is 116 cm³/mol. The number of aromatic nitrogens is 3. The Morgan fingerprint density at radius 3 is 2.83 bits per heavy atom. The van der Waals surface area contributed by atoms with Crippen LogP contribution in [0.4, 0.5) is 17.2 Å². The summed E-state index contributed by atoms with van der Waals surface area (Å²) < 4.78 is 13.0. The van der Waals surface area contributed by atoms with E-state index in [4.69, 9.17) is 9.47 Å². The Kier molecular flexibility index (Phi) is 7.42. The summed E-state index contributed by atoms with van der Waals surface area (Å²) in [6, 6.07) is 8.05. The fourth-order valence-electron chi connectivity index (χ4n) is 2.74. The second-order valence-corrected chi connectivity index (χ2v) is 7.14. The molecular weight excluding hydrogens is 438 g/mol. The van der Waals surface area contributed by atoms with Crippen LogP contribution in [0.15, 0.2) is 47.5 Å². The van der Waals surface area contributed by atoms with Crippen molar-refractivity contribution in [2.24, 2.45) is 0 Å². The highest BCUT2D eigenvalue weighted by atomic mass is 79.9. The molecular formula is C20H24BrN5O3. The number of esters is 1. The average Bonchev–Trinajstić information content (AvgIpc) is 3.17. The molecule has 1 N–H and O–H groups in total. The summed E-state index contributed by atoms with van der Waals surface area (Å²) >= 11 is 3.42.